The van der Waals surface area contributed by atoms with Crippen LogP contribution in [0.3, 0.4) is 0 Å². The first kappa shape index (κ1) is 13.9. The fraction of sp³-hybridized carbons (Fsp3) is 0.154. The van der Waals surface area contributed by atoms with Gasteiger partial charge in [0.15, 0.2) is 0 Å². The molecule has 4 nitrogen and oxygen atoms in total. The van der Waals surface area contributed by atoms with Gasteiger partial charge in [-0.25, -0.2) is 9.78 Å². The van der Waals surface area contributed by atoms with E-state index in [9.17, 15) is 4.79 Å². The van der Waals surface area contributed by atoms with Crippen molar-refractivity contribution in [1.82, 2.24) is 9.97 Å². The molecule has 0 saturated heterocycles. The molecule has 98 valence electrons. The lowest BCUT2D eigenvalue weighted by Gasteiger charge is -2.08. The zero-order valence-corrected chi connectivity index (χ0v) is 12.8. The lowest BCUT2D eigenvalue weighted by molar-refractivity contribution is 0.0598. The number of carbonyl (C=O) groups is 1. The number of aromatic nitrogens is 2. The van der Waals surface area contributed by atoms with Gasteiger partial charge in [-0.05, 0) is 19.1 Å². The highest BCUT2D eigenvalue weighted by molar-refractivity contribution is 9.10. The van der Waals surface area contributed by atoms with Crippen molar-refractivity contribution in [2.45, 2.75) is 6.92 Å². The molecule has 0 aliphatic carbocycles. The Hall–Kier alpha value is -1.53. The first-order chi connectivity index (χ1) is 9.02. The number of nitrogens with zero attached hydrogens (tertiary/aromatic N) is 1. The largest absolute Gasteiger partial charge is 0.465 e. The first-order valence-corrected chi connectivity index (χ1v) is 6.68. The van der Waals surface area contributed by atoms with Gasteiger partial charge in [-0.1, -0.05) is 40.3 Å². The maximum Gasteiger partial charge on any atom is 0.342 e. The SMILES string of the molecule is COC(=O)c1c(C)[nH]c(-c2cccc(Br)c2)nc1=S. The van der Waals surface area contributed by atoms with Crippen LogP contribution in [0.1, 0.15) is 16.1 Å². The van der Waals surface area contributed by atoms with E-state index < -0.39 is 5.97 Å². The Balaban J connectivity index is 2.58. The molecule has 0 saturated carbocycles. The second-order valence-corrected chi connectivity index (χ2v) is 5.19. The van der Waals surface area contributed by atoms with Crippen molar-refractivity contribution >= 4 is 34.1 Å². The highest BCUT2D eigenvalue weighted by Gasteiger charge is 2.14. The Morgan fingerprint density at radius 1 is 1.47 bits per heavy atom. The predicted octanol–water partition coefficient (Wildman–Crippen LogP) is 3.66. The number of aryl methyl sites for hydroxylation is 1. The molecule has 2 aromatic rings. The molecule has 0 spiro atoms. The molecule has 19 heavy (non-hydrogen) atoms. The minimum Gasteiger partial charge on any atom is -0.465 e. The molecule has 0 aliphatic rings. The monoisotopic (exact) mass is 338 g/mol. The molecule has 0 amide bonds. The summed E-state index contributed by atoms with van der Waals surface area (Å²) in [4.78, 5) is 18.9. The van der Waals surface area contributed by atoms with Crippen LogP contribution in [0.25, 0.3) is 11.4 Å². The van der Waals surface area contributed by atoms with E-state index in [2.05, 4.69) is 30.6 Å². The summed E-state index contributed by atoms with van der Waals surface area (Å²) in [7, 11) is 1.32. The van der Waals surface area contributed by atoms with E-state index in [1.54, 1.807) is 6.92 Å². The van der Waals surface area contributed by atoms with Gasteiger partial charge in [0, 0.05) is 15.7 Å². The van der Waals surface area contributed by atoms with Crippen LogP contribution < -0.4 is 0 Å². The Morgan fingerprint density at radius 3 is 2.79 bits per heavy atom. The van der Waals surface area contributed by atoms with Crippen LogP contribution in [0.15, 0.2) is 28.7 Å². The van der Waals surface area contributed by atoms with E-state index in [-0.39, 0.29) is 4.64 Å². The van der Waals surface area contributed by atoms with Gasteiger partial charge < -0.3 is 9.72 Å². The van der Waals surface area contributed by atoms with Gasteiger partial charge in [0.1, 0.15) is 16.0 Å². The molecule has 0 aliphatic heterocycles. The average molecular weight is 339 g/mol. The zero-order chi connectivity index (χ0) is 14.0. The van der Waals surface area contributed by atoms with Crippen molar-refractivity contribution < 1.29 is 9.53 Å². The Morgan fingerprint density at radius 2 is 2.21 bits per heavy atom. The second kappa shape index (κ2) is 5.63. The number of aromatic amines is 1. The molecule has 1 heterocycles. The Bertz CT molecular complexity index is 697. The van der Waals surface area contributed by atoms with Gasteiger partial charge in [-0.2, -0.15) is 0 Å². The minimum atomic E-state index is -0.480. The molecule has 0 radical (unpaired) electrons. The summed E-state index contributed by atoms with van der Waals surface area (Å²) in [6.45, 7) is 1.77. The Labute approximate surface area is 124 Å². The van der Waals surface area contributed by atoms with E-state index in [4.69, 9.17) is 12.2 Å². The fourth-order valence-electron chi connectivity index (χ4n) is 1.70. The third kappa shape index (κ3) is 2.90. The summed E-state index contributed by atoms with van der Waals surface area (Å²) < 4.78 is 5.87. The molecule has 1 N–H and O–H groups in total. The van der Waals surface area contributed by atoms with E-state index in [1.807, 2.05) is 24.3 Å². The average Bonchev–Trinajstić information content (AvgIpc) is 2.37. The number of carbonyl (C=O) groups excluding carboxylic acids is 1. The van der Waals surface area contributed by atoms with Crippen LogP contribution in [0, 0.1) is 11.6 Å². The van der Waals surface area contributed by atoms with E-state index in [0.717, 1.165) is 10.0 Å². The normalized spacial score (nSPS) is 10.3. The molecule has 0 fully saturated rings. The van der Waals surface area contributed by atoms with E-state index in [0.29, 0.717) is 17.1 Å². The fourth-order valence-corrected chi connectivity index (χ4v) is 2.43. The topological polar surface area (TPSA) is 55.0 Å². The van der Waals surface area contributed by atoms with E-state index in [1.165, 1.54) is 7.11 Å². The molecular weight excluding hydrogens is 328 g/mol. The number of hydrogen-bond donors (Lipinski definition) is 1. The number of ether oxygens (including phenoxy) is 1. The van der Waals surface area contributed by atoms with Crippen LogP contribution in [-0.2, 0) is 4.74 Å². The van der Waals surface area contributed by atoms with Crippen molar-refractivity contribution in [2.24, 2.45) is 0 Å². The third-order valence-electron chi connectivity index (χ3n) is 2.60. The standard InChI is InChI=1S/C13H11BrN2O2S/c1-7-10(13(17)18-2)12(19)16-11(15-7)8-4-3-5-9(14)6-8/h3-6H,1-2H3,(H,15,16,19). The first-order valence-electron chi connectivity index (χ1n) is 5.48. The quantitative estimate of drug-likeness (QED) is 0.670. The summed E-state index contributed by atoms with van der Waals surface area (Å²) >= 11 is 8.56. The summed E-state index contributed by atoms with van der Waals surface area (Å²) in [6.07, 6.45) is 0. The number of benzene rings is 1. The van der Waals surface area contributed by atoms with Crippen molar-refractivity contribution in [3.63, 3.8) is 0 Å². The molecule has 1 aromatic carbocycles. The lowest BCUT2D eigenvalue weighted by atomic mass is 10.2. The van der Waals surface area contributed by atoms with Gasteiger partial charge >= 0.3 is 5.97 Å². The Kier molecular flexibility index (Phi) is 4.11. The number of esters is 1. The maximum absolute atomic E-state index is 11.6. The summed E-state index contributed by atoms with van der Waals surface area (Å²) in [5.41, 5.74) is 1.83. The van der Waals surface area contributed by atoms with Crippen LogP contribution in [0.4, 0.5) is 0 Å². The number of hydrogen-bond acceptors (Lipinski definition) is 4. The summed E-state index contributed by atoms with van der Waals surface area (Å²) in [5.74, 6) is 0.142. The smallest absolute Gasteiger partial charge is 0.342 e. The van der Waals surface area contributed by atoms with E-state index >= 15 is 0 Å². The molecule has 0 bridgehead atoms. The molecule has 0 atom stereocenters. The van der Waals surface area contributed by atoms with Crippen LogP contribution >= 0.6 is 28.1 Å². The minimum absolute atomic E-state index is 0.234. The van der Waals surface area contributed by atoms with Gasteiger partial charge in [-0.3, -0.25) is 0 Å². The van der Waals surface area contributed by atoms with Crippen molar-refractivity contribution in [3.05, 3.63) is 44.6 Å². The number of rotatable bonds is 2. The van der Waals surface area contributed by atoms with Crippen molar-refractivity contribution in [2.75, 3.05) is 7.11 Å². The van der Waals surface area contributed by atoms with Gasteiger partial charge in [0.05, 0.1) is 7.11 Å². The highest BCUT2D eigenvalue weighted by Crippen LogP contribution is 2.21. The third-order valence-corrected chi connectivity index (χ3v) is 3.38. The zero-order valence-electron chi connectivity index (χ0n) is 10.4. The number of methoxy groups -OCH3 is 1. The second-order valence-electron chi connectivity index (χ2n) is 3.89. The maximum atomic E-state index is 11.6. The molecule has 1 aromatic heterocycles. The number of nitrogens with one attached hydrogen (secondary N) is 1. The predicted molar refractivity (Wildman–Crippen MR) is 78.6 cm³/mol. The number of halogens is 1. The van der Waals surface area contributed by atoms with Gasteiger partial charge in [-0.15, -0.1) is 0 Å². The molecule has 0 unspecified atom stereocenters. The summed E-state index contributed by atoms with van der Waals surface area (Å²) in [5, 5.41) is 0. The van der Waals surface area contributed by atoms with Crippen molar-refractivity contribution in [1.29, 1.82) is 0 Å². The lowest BCUT2D eigenvalue weighted by Crippen LogP contribution is -2.08. The van der Waals surface area contributed by atoms with Gasteiger partial charge in [0.2, 0.25) is 0 Å². The van der Waals surface area contributed by atoms with Crippen LogP contribution in [-0.4, -0.2) is 23.0 Å². The van der Waals surface area contributed by atoms with Crippen LogP contribution in [0.5, 0.6) is 0 Å². The molecule has 2 rings (SSSR count). The number of H-pyrrole nitrogens is 1. The summed E-state index contributed by atoms with van der Waals surface area (Å²) in [6, 6.07) is 7.66. The molecule has 6 heteroatoms. The van der Waals surface area contributed by atoms with Gasteiger partial charge in [0.25, 0.3) is 0 Å². The van der Waals surface area contributed by atoms with Crippen LogP contribution in [0.2, 0.25) is 0 Å². The highest BCUT2D eigenvalue weighted by atomic mass is 79.9. The van der Waals surface area contributed by atoms with Crippen molar-refractivity contribution in [3.8, 4) is 11.4 Å². The molecular formula is C13H11BrN2O2S.